The maximum atomic E-state index is 5.79. The smallest absolute Gasteiger partial charge is 0.455 e. The van der Waals surface area contributed by atoms with Gasteiger partial charge in [-0.2, -0.15) is 0 Å². The van der Waals surface area contributed by atoms with E-state index in [1.165, 1.54) is 0 Å². The molecule has 18 heavy (non-hydrogen) atoms. The van der Waals surface area contributed by atoms with Gasteiger partial charge in [-0.25, -0.2) is 0 Å². The topological polar surface area (TPSA) is 49.5 Å². The predicted molar refractivity (Wildman–Crippen MR) is 69.3 cm³/mol. The highest BCUT2D eigenvalue weighted by atomic mass is 27.3. The lowest BCUT2D eigenvalue weighted by molar-refractivity contribution is 0.0577. The second-order valence-electron chi connectivity index (χ2n) is 4.32. The first-order valence-electron chi connectivity index (χ1n) is 6.84. The van der Waals surface area contributed by atoms with E-state index < -0.39 is 15.1 Å². The monoisotopic (exact) mass is 276 g/mol. The molecular formula is C12H25AlO5. The van der Waals surface area contributed by atoms with Gasteiger partial charge in [-0.1, -0.05) is 0 Å². The van der Waals surface area contributed by atoms with Gasteiger partial charge >= 0.3 is 15.1 Å². The Kier molecular flexibility index (Phi) is 9.25. The molecule has 2 unspecified atom stereocenters. The third-order valence-electron chi connectivity index (χ3n) is 2.55. The second-order valence-corrected chi connectivity index (χ2v) is 5.83. The van der Waals surface area contributed by atoms with Crippen LogP contribution in [0.5, 0.6) is 0 Å². The predicted octanol–water partition coefficient (Wildman–Crippen LogP) is 1.65. The first kappa shape index (κ1) is 16.4. The van der Waals surface area contributed by atoms with Crippen LogP contribution in [0.3, 0.4) is 0 Å². The van der Waals surface area contributed by atoms with Crippen molar-refractivity contribution in [1.82, 2.24) is 0 Å². The Morgan fingerprint density at radius 2 is 1.94 bits per heavy atom. The van der Waals surface area contributed by atoms with Crippen molar-refractivity contribution in [2.24, 2.45) is 0 Å². The Morgan fingerprint density at radius 3 is 2.50 bits per heavy atom. The van der Waals surface area contributed by atoms with Crippen molar-refractivity contribution < 1.29 is 20.8 Å². The van der Waals surface area contributed by atoms with E-state index >= 15 is 0 Å². The first-order chi connectivity index (χ1) is 8.76. The molecule has 1 saturated heterocycles. The van der Waals surface area contributed by atoms with Crippen LogP contribution >= 0.6 is 0 Å². The van der Waals surface area contributed by atoms with Crippen molar-refractivity contribution in [3.05, 3.63) is 0 Å². The van der Waals surface area contributed by atoms with E-state index in [4.69, 9.17) is 20.8 Å². The summed E-state index contributed by atoms with van der Waals surface area (Å²) in [4.78, 5) is 0. The second kappa shape index (κ2) is 10.2. The van der Waals surface area contributed by atoms with Gasteiger partial charge in [0.1, 0.15) is 6.10 Å². The fraction of sp³-hybridized carbons (Fsp3) is 1.00. The van der Waals surface area contributed by atoms with Crippen LogP contribution in [0.25, 0.3) is 0 Å². The molecule has 1 rings (SSSR count). The third kappa shape index (κ3) is 8.44. The molecule has 0 aromatic heterocycles. The summed E-state index contributed by atoms with van der Waals surface area (Å²) in [5.74, 6) is 0. The summed E-state index contributed by atoms with van der Waals surface area (Å²) in [7, 11) is 0. The van der Waals surface area contributed by atoms with Crippen LogP contribution in [0.15, 0.2) is 0 Å². The summed E-state index contributed by atoms with van der Waals surface area (Å²) in [6.07, 6.45) is 2.48. The minimum atomic E-state index is -1.92. The Morgan fingerprint density at radius 1 is 1.28 bits per heavy atom. The Hall–Kier alpha value is 0.332. The molecule has 0 saturated carbocycles. The van der Waals surface area contributed by atoms with E-state index in [0.717, 1.165) is 32.7 Å². The highest BCUT2D eigenvalue weighted by molar-refractivity contribution is 6.36. The molecule has 0 amide bonds. The zero-order chi connectivity index (χ0) is 13.2. The molecule has 6 heteroatoms. The molecule has 5 nitrogen and oxygen atoms in total. The fourth-order valence-corrected chi connectivity index (χ4v) is 2.82. The molecule has 0 bridgehead atoms. The number of ether oxygens (including phenoxy) is 2. The Balaban J connectivity index is 1.97. The molecule has 1 heterocycles. The van der Waals surface area contributed by atoms with Gasteiger partial charge in [0, 0.05) is 25.9 Å². The van der Waals surface area contributed by atoms with E-state index in [0.29, 0.717) is 19.3 Å². The van der Waals surface area contributed by atoms with E-state index in [1.807, 2.05) is 13.8 Å². The van der Waals surface area contributed by atoms with Crippen LogP contribution in [0.1, 0.15) is 33.6 Å². The van der Waals surface area contributed by atoms with E-state index in [2.05, 4.69) is 6.92 Å². The van der Waals surface area contributed by atoms with Crippen LogP contribution in [-0.2, 0) is 20.8 Å². The number of epoxide rings is 1. The summed E-state index contributed by atoms with van der Waals surface area (Å²) in [6, 6.07) is 0. The molecule has 1 aliphatic heterocycles. The third-order valence-corrected chi connectivity index (χ3v) is 4.45. The maximum Gasteiger partial charge on any atom is 0.905 e. The average Bonchev–Trinajstić information content (AvgIpc) is 3.13. The van der Waals surface area contributed by atoms with Crippen LogP contribution < -0.4 is 0 Å². The molecule has 1 fully saturated rings. The quantitative estimate of drug-likeness (QED) is 0.308. The number of hydrogen-bond acceptors (Lipinski definition) is 5. The van der Waals surface area contributed by atoms with Gasteiger partial charge < -0.3 is 20.8 Å². The van der Waals surface area contributed by atoms with Gasteiger partial charge in [0.15, 0.2) is 0 Å². The molecular weight excluding hydrogens is 251 g/mol. The summed E-state index contributed by atoms with van der Waals surface area (Å²) in [5, 5.41) is 0. The van der Waals surface area contributed by atoms with Crippen LogP contribution in [0, 0.1) is 0 Å². The van der Waals surface area contributed by atoms with Crippen molar-refractivity contribution in [3.63, 3.8) is 0 Å². The molecule has 0 radical (unpaired) electrons. The average molecular weight is 276 g/mol. The number of rotatable bonds is 12. The SMILES string of the molecule is CC[O][Al]([O]CC)[O]C(C)CCCOCC1CO1. The fourth-order valence-electron chi connectivity index (χ4n) is 1.51. The lowest BCUT2D eigenvalue weighted by Gasteiger charge is -2.17. The summed E-state index contributed by atoms with van der Waals surface area (Å²) >= 11 is -1.92. The van der Waals surface area contributed by atoms with Crippen LogP contribution in [0.4, 0.5) is 0 Å². The van der Waals surface area contributed by atoms with E-state index in [1.54, 1.807) is 0 Å². The molecule has 0 spiro atoms. The van der Waals surface area contributed by atoms with E-state index in [9.17, 15) is 0 Å². The zero-order valence-corrected chi connectivity index (χ0v) is 12.9. The van der Waals surface area contributed by atoms with Crippen LogP contribution in [-0.4, -0.2) is 60.4 Å². The van der Waals surface area contributed by atoms with Gasteiger partial charge in [-0.3, -0.25) is 0 Å². The van der Waals surface area contributed by atoms with Gasteiger partial charge in [0.25, 0.3) is 0 Å². The van der Waals surface area contributed by atoms with Crippen molar-refractivity contribution in [2.45, 2.75) is 45.8 Å². The lowest BCUT2D eigenvalue weighted by Crippen LogP contribution is -2.31. The minimum absolute atomic E-state index is 0.167. The zero-order valence-electron chi connectivity index (χ0n) is 11.7. The first-order valence-corrected chi connectivity index (χ1v) is 8.25. The molecule has 106 valence electrons. The maximum absolute atomic E-state index is 5.79. The van der Waals surface area contributed by atoms with Crippen molar-refractivity contribution in [2.75, 3.05) is 33.0 Å². The highest BCUT2D eigenvalue weighted by Gasteiger charge is 2.31. The van der Waals surface area contributed by atoms with Crippen molar-refractivity contribution >= 4 is 15.1 Å². The summed E-state index contributed by atoms with van der Waals surface area (Å²) in [6.45, 7) is 9.62. The standard InChI is InChI=1S/C8H15O3.2C2H5O.Al/c1-7(9)3-2-4-10-5-8-6-11-8;2*1-2-3;/h7-8H,2-6H2,1H3;2*2H2,1H3;/q3*-1;+3. The molecule has 0 aromatic rings. The van der Waals surface area contributed by atoms with Crippen molar-refractivity contribution in [3.8, 4) is 0 Å². The van der Waals surface area contributed by atoms with Gasteiger partial charge in [0.2, 0.25) is 0 Å². The molecule has 0 N–H and O–H groups in total. The van der Waals surface area contributed by atoms with E-state index in [-0.39, 0.29) is 6.10 Å². The van der Waals surface area contributed by atoms with Gasteiger partial charge in [-0.15, -0.1) is 0 Å². The Bertz CT molecular complexity index is 195. The molecule has 1 aliphatic rings. The lowest BCUT2D eigenvalue weighted by atomic mass is 10.2. The number of hydrogen-bond donors (Lipinski definition) is 0. The molecule has 2 atom stereocenters. The molecule has 0 aromatic carbocycles. The van der Waals surface area contributed by atoms with Crippen LogP contribution in [0.2, 0.25) is 0 Å². The summed E-state index contributed by atoms with van der Waals surface area (Å²) in [5.41, 5.74) is 0. The normalized spacial score (nSPS) is 19.8. The van der Waals surface area contributed by atoms with Gasteiger partial charge in [0.05, 0.1) is 13.2 Å². The minimum Gasteiger partial charge on any atom is -0.455 e. The van der Waals surface area contributed by atoms with Crippen molar-refractivity contribution in [1.29, 1.82) is 0 Å². The molecule has 0 aliphatic carbocycles. The Labute approximate surface area is 115 Å². The van der Waals surface area contributed by atoms with Gasteiger partial charge in [-0.05, 0) is 33.6 Å². The largest absolute Gasteiger partial charge is 0.905 e. The highest BCUT2D eigenvalue weighted by Crippen LogP contribution is 2.10. The summed E-state index contributed by atoms with van der Waals surface area (Å²) < 4.78 is 27.3.